The number of nitrogens with one attached hydrogen (secondary N) is 1. The van der Waals surface area contributed by atoms with Crippen LogP contribution in [0.4, 0.5) is 0 Å². The van der Waals surface area contributed by atoms with E-state index in [4.69, 9.17) is 4.52 Å². The zero-order valence-electron chi connectivity index (χ0n) is 13.0. The van der Waals surface area contributed by atoms with Gasteiger partial charge in [0.25, 0.3) is 5.91 Å². The Bertz CT molecular complexity index is 643. The van der Waals surface area contributed by atoms with Crippen molar-refractivity contribution < 1.29 is 9.32 Å². The van der Waals surface area contributed by atoms with Crippen LogP contribution < -0.4 is 5.32 Å². The summed E-state index contributed by atoms with van der Waals surface area (Å²) in [4.78, 5) is 14.9. The zero-order valence-corrected chi connectivity index (χ0v) is 13.0. The molecule has 0 aliphatic carbocycles. The van der Waals surface area contributed by atoms with Crippen LogP contribution in [-0.4, -0.2) is 42.1 Å². The molecule has 0 spiro atoms. The average Bonchev–Trinajstić information content (AvgIpc) is 2.92. The van der Waals surface area contributed by atoms with Gasteiger partial charge >= 0.3 is 0 Å². The number of benzene rings is 1. The third kappa shape index (κ3) is 3.04. The fraction of sp³-hybridized carbons (Fsp3) is 0.412. The molecule has 0 saturated carbocycles. The Morgan fingerprint density at radius 1 is 1.27 bits per heavy atom. The molecule has 0 atom stereocenters. The van der Waals surface area contributed by atoms with Crippen molar-refractivity contribution in [2.24, 2.45) is 0 Å². The van der Waals surface area contributed by atoms with Crippen LogP contribution in [0.15, 0.2) is 34.9 Å². The second-order valence-electron chi connectivity index (χ2n) is 5.88. The van der Waals surface area contributed by atoms with Crippen molar-refractivity contribution in [2.45, 2.75) is 25.8 Å². The van der Waals surface area contributed by atoms with Crippen LogP contribution in [0.2, 0.25) is 0 Å². The monoisotopic (exact) mass is 299 g/mol. The number of carbonyl (C=O) groups is 1. The molecule has 1 saturated heterocycles. The van der Waals surface area contributed by atoms with E-state index in [0.29, 0.717) is 17.0 Å². The smallest absolute Gasteiger partial charge is 0.257 e. The molecule has 1 N–H and O–H groups in total. The van der Waals surface area contributed by atoms with Crippen LogP contribution in [-0.2, 0) is 0 Å². The fourth-order valence-corrected chi connectivity index (χ4v) is 2.84. The predicted octanol–water partition coefficient (Wildman–Crippen LogP) is 2.47. The predicted molar refractivity (Wildman–Crippen MR) is 84.7 cm³/mol. The summed E-state index contributed by atoms with van der Waals surface area (Å²) in [7, 11) is 2.11. The first-order valence-corrected chi connectivity index (χ1v) is 7.66. The Morgan fingerprint density at radius 2 is 1.95 bits per heavy atom. The van der Waals surface area contributed by atoms with Gasteiger partial charge in [-0.3, -0.25) is 4.79 Å². The number of carbonyl (C=O) groups excluding carboxylic acids is 1. The van der Waals surface area contributed by atoms with Crippen LogP contribution in [0.5, 0.6) is 0 Å². The summed E-state index contributed by atoms with van der Waals surface area (Å²) in [6.45, 7) is 3.81. The van der Waals surface area contributed by atoms with Gasteiger partial charge in [-0.1, -0.05) is 35.5 Å². The maximum atomic E-state index is 12.6. The molecule has 1 aromatic carbocycles. The molecule has 22 heavy (non-hydrogen) atoms. The standard InChI is InChI=1S/C17H21N3O2/c1-12-15(16(19-22-12)13-6-4-3-5-7-13)17(21)18-14-8-10-20(2)11-9-14/h3-7,14H,8-11H2,1-2H3,(H,18,21). The summed E-state index contributed by atoms with van der Waals surface area (Å²) in [5, 5.41) is 7.20. The minimum absolute atomic E-state index is 0.0906. The summed E-state index contributed by atoms with van der Waals surface area (Å²) >= 11 is 0. The summed E-state index contributed by atoms with van der Waals surface area (Å²) in [6, 6.07) is 9.89. The lowest BCUT2D eigenvalue weighted by molar-refractivity contribution is 0.0916. The first-order chi connectivity index (χ1) is 10.6. The van der Waals surface area contributed by atoms with Crippen LogP contribution in [0.25, 0.3) is 11.3 Å². The molecule has 1 aliphatic heterocycles. The lowest BCUT2D eigenvalue weighted by Gasteiger charge is -2.29. The van der Waals surface area contributed by atoms with Crippen molar-refractivity contribution in [2.75, 3.05) is 20.1 Å². The minimum Gasteiger partial charge on any atom is -0.360 e. The molecule has 1 aromatic heterocycles. The number of rotatable bonds is 3. The molecule has 1 aliphatic rings. The summed E-state index contributed by atoms with van der Waals surface area (Å²) in [6.07, 6.45) is 1.96. The third-order valence-corrected chi connectivity index (χ3v) is 4.19. The fourth-order valence-electron chi connectivity index (χ4n) is 2.84. The Balaban J connectivity index is 1.79. The molecule has 0 radical (unpaired) electrons. The highest BCUT2D eigenvalue weighted by molar-refractivity contribution is 6.00. The first kappa shape index (κ1) is 14.8. The van der Waals surface area contributed by atoms with Gasteiger partial charge in [-0.15, -0.1) is 0 Å². The van der Waals surface area contributed by atoms with Crippen molar-refractivity contribution in [3.05, 3.63) is 41.7 Å². The van der Waals surface area contributed by atoms with Gasteiger partial charge in [-0.2, -0.15) is 0 Å². The van der Waals surface area contributed by atoms with Crippen LogP contribution in [0, 0.1) is 6.92 Å². The van der Waals surface area contributed by atoms with E-state index in [0.717, 1.165) is 31.5 Å². The van der Waals surface area contributed by atoms with E-state index in [2.05, 4.69) is 22.4 Å². The molecule has 0 bridgehead atoms. The van der Waals surface area contributed by atoms with E-state index in [1.807, 2.05) is 30.3 Å². The zero-order chi connectivity index (χ0) is 15.5. The number of piperidine rings is 1. The minimum atomic E-state index is -0.0906. The maximum absolute atomic E-state index is 12.6. The molecule has 5 heteroatoms. The Morgan fingerprint density at radius 3 is 2.64 bits per heavy atom. The van der Waals surface area contributed by atoms with E-state index in [-0.39, 0.29) is 11.9 Å². The Hall–Kier alpha value is -2.14. The molecular formula is C17H21N3O2. The summed E-state index contributed by atoms with van der Waals surface area (Å²) in [5.74, 6) is 0.469. The maximum Gasteiger partial charge on any atom is 0.257 e. The molecule has 1 amide bonds. The lowest BCUT2D eigenvalue weighted by Crippen LogP contribution is -2.43. The van der Waals surface area contributed by atoms with Crippen molar-refractivity contribution in [3.63, 3.8) is 0 Å². The van der Waals surface area contributed by atoms with E-state index >= 15 is 0 Å². The number of amides is 1. The van der Waals surface area contributed by atoms with E-state index in [1.165, 1.54) is 0 Å². The van der Waals surface area contributed by atoms with Gasteiger partial charge in [0.15, 0.2) is 0 Å². The number of aromatic nitrogens is 1. The van der Waals surface area contributed by atoms with Gasteiger partial charge in [-0.25, -0.2) is 0 Å². The molecule has 3 rings (SSSR count). The van der Waals surface area contributed by atoms with Crippen molar-refractivity contribution in [3.8, 4) is 11.3 Å². The molecule has 0 unspecified atom stereocenters. The Labute approximate surface area is 130 Å². The van der Waals surface area contributed by atoms with Gasteiger partial charge in [0.2, 0.25) is 0 Å². The molecule has 116 valence electrons. The highest BCUT2D eigenvalue weighted by Crippen LogP contribution is 2.25. The third-order valence-electron chi connectivity index (χ3n) is 4.19. The molecule has 5 nitrogen and oxygen atoms in total. The second kappa shape index (κ2) is 6.32. The van der Waals surface area contributed by atoms with Gasteiger partial charge in [0.05, 0.1) is 0 Å². The second-order valence-corrected chi connectivity index (χ2v) is 5.88. The van der Waals surface area contributed by atoms with Crippen molar-refractivity contribution in [1.29, 1.82) is 0 Å². The van der Waals surface area contributed by atoms with Crippen LogP contribution in [0.3, 0.4) is 0 Å². The molecule has 2 heterocycles. The van der Waals surface area contributed by atoms with E-state index < -0.39 is 0 Å². The van der Waals surface area contributed by atoms with Crippen LogP contribution in [0.1, 0.15) is 29.0 Å². The van der Waals surface area contributed by atoms with E-state index in [1.54, 1.807) is 6.92 Å². The highest BCUT2D eigenvalue weighted by Gasteiger charge is 2.25. The van der Waals surface area contributed by atoms with Crippen molar-refractivity contribution >= 4 is 5.91 Å². The average molecular weight is 299 g/mol. The molecule has 1 fully saturated rings. The highest BCUT2D eigenvalue weighted by atomic mass is 16.5. The number of hydrogen-bond donors (Lipinski definition) is 1. The van der Waals surface area contributed by atoms with Crippen LogP contribution >= 0.6 is 0 Å². The van der Waals surface area contributed by atoms with Gasteiger partial charge < -0.3 is 14.7 Å². The quantitative estimate of drug-likeness (QED) is 0.946. The van der Waals surface area contributed by atoms with Gasteiger partial charge in [-0.05, 0) is 39.9 Å². The topological polar surface area (TPSA) is 58.4 Å². The largest absolute Gasteiger partial charge is 0.360 e. The lowest BCUT2D eigenvalue weighted by atomic mass is 10.0. The Kier molecular flexibility index (Phi) is 4.24. The van der Waals surface area contributed by atoms with Gasteiger partial charge in [0, 0.05) is 11.6 Å². The summed E-state index contributed by atoms with van der Waals surface area (Å²) in [5.41, 5.74) is 2.06. The number of likely N-dealkylation sites (tertiary alicyclic amines) is 1. The van der Waals surface area contributed by atoms with Crippen molar-refractivity contribution in [1.82, 2.24) is 15.4 Å². The summed E-state index contributed by atoms with van der Waals surface area (Å²) < 4.78 is 5.26. The van der Waals surface area contributed by atoms with E-state index in [9.17, 15) is 4.79 Å². The number of aryl methyl sites for hydroxylation is 1. The van der Waals surface area contributed by atoms with Gasteiger partial charge in [0.1, 0.15) is 17.0 Å². The number of hydrogen-bond acceptors (Lipinski definition) is 4. The normalized spacial score (nSPS) is 16.6. The molecular weight excluding hydrogens is 278 g/mol. The molecule has 2 aromatic rings. The SMILES string of the molecule is Cc1onc(-c2ccccc2)c1C(=O)NC1CCN(C)CC1. The number of nitrogens with zero attached hydrogens (tertiary/aromatic N) is 2. The first-order valence-electron chi connectivity index (χ1n) is 7.66.